The fourth-order valence-electron chi connectivity index (χ4n) is 4.00. The second-order valence-corrected chi connectivity index (χ2v) is 7.32. The molecule has 7 nitrogen and oxygen atoms in total. The minimum absolute atomic E-state index is 0.0363. The van der Waals surface area contributed by atoms with Gasteiger partial charge in [-0.3, -0.25) is 9.48 Å². The highest BCUT2D eigenvalue weighted by atomic mass is 16.2. The number of carbonyl (C=O) groups excluding carboxylic acids is 2. The van der Waals surface area contributed by atoms with Gasteiger partial charge in [0.2, 0.25) is 0 Å². The van der Waals surface area contributed by atoms with Gasteiger partial charge < -0.3 is 15.5 Å². The monoisotopic (exact) mass is 367 g/mol. The van der Waals surface area contributed by atoms with Crippen molar-refractivity contribution in [3.05, 3.63) is 47.3 Å². The highest BCUT2D eigenvalue weighted by molar-refractivity contribution is 6.04. The third-order valence-electron chi connectivity index (χ3n) is 5.46. The maximum atomic E-state index is 12.7. The van der Waals surface area contributed by atoms with E-state index < -0.39 is 0 Å². The van der Waals surface area contributed by atoms with E-state index in [9.17, 15) is 9.59 Å². The lowest BCUT2D eigenvalue weighted by Crippen LogP contribution is -2.46. The molecule has 2 aromatic rings. The Balaban J connectivity index is 1.50. The summed E-state index contributed by atoms with van der Waals surface area (Å²) in [5.74, 6) is -0.240. The molecule has 0 bridgehead atoms. The van der Waals surface area contributed by atoms with E-state index in [0.717, 1.165) is 29.8 Å². The molecule has 7 heteroatoms. The first kappa shape index (κ1) is 17.6. The second-order valence-electron chi connectivity index (χ2n) is 7.32. The summed E-state index contributed by atoms with van der Waals surface area (Å²) < 4.78 is 1.77. The molecule has 1 aliphatic carbocycles. The fourth-order valence-corrected chi connectivity index (χ4v) is 4.00. The molecule has 3 amide bonds. The van der Waals surface area contributed by atoms with Gasteiger partial charge in [-0.25, -0.2) is 4.79 Å². The molecule has 0 spiro atoms. The first-order valence-electron chi connectivity index (χ1n) is 9.58. The third-order valence-corrected chi connectivity index (χ3v) is 5.46. The standard InChI is InChI=1S/C20H25N5O2/c1-24-17-11-12-25(20(27)22-15-9-5-6-10-15)13-16(17)18(23-24)19(26)21-14-7-3-2-4-8-14/h2-4,7-8,15H,5-6,9-13H2,1H3,(H,21,26)(H,22,27). The van der Waals surface area contributed by atoms with Crippen LogP contribution in [0.25, 0.3) is 0 Å². The van der Waals surface area contributed by atoms with Crippen molar-refractivity contribution in [3.8, 4) is 0 Å². The Morgan fingerprint density at radius 3 is 2.63 bits per heavy atom. The Bertz CT molecular complexity index is 840. The van der Waals surface area contributed by atoms with Gasteiger partial charge in [0.05, 0.1) is 6.54 Å². The number of hydrogen-bond acceptors (Lipinski definition) is 3. The molecule has 4 rings (SSSR count). The molecule has 0 atom stereocenters. The summed E-state index contributed by atoms with van der Waals surface area (Å²) in [6, 6.07) is 9.58. The van der Waals surface area contributed by atoms with Crippen LogP contribution in [0.3, 0.4) is 0 Å². The summed E-state index contributed by atoms with van der Waals surface area (Å²) in [7, 11) is 1.85. The van der Waals surface area contributed by atoms with Gasteiger partial charge >= 0.3 is 6.03 Å². The predicted molar refractivity (Wildman–Crippen MR) is 103 cm³/mol. The summed E-state index contributed by atoms with van der Waals surface area (Å²) >= 11 is 0. The van der Waals surface area contributed by atoms with E-state index in [1.165, 1.54) is 12.8 Å². The number of benzene rings is 1. The average molecular weight is 367 g/mol. The van der Waals surface area contributed by atoms with E-state index >= 15 is 0 Å². The Morgan fingerprint density at radius 2 is 1.89 bits per heavy atom. The number of anilines is 1. The van der Waals surface area contributed by atoms with Gasteiger partial charge in [-0.15, -0.1) is 0 Å². The highest BCUT2D eigenvalue weighted by Crippen LogP contribution is 2.24. The van der Waals surface area contributed by atoms with Crippen LogP contribution in [0.15, 0.2) is 30.3 Å². The predicted octanol–water partition coefficient (Wildman–Crippen LogP) is 2.68. The number of fused-ring (bicyclic) bond motifs is 1. The zero-order valence-electron chi connectivity index (χ0n) is 15.6. The van der Waals surface area contributed by atoms with Gasteiger partial charge in [0, 0.05) is 43.0 Å². The number of nitrogens with one attached hydrogen (secondary N) is 2. The van der Waals surface area contributed by atoms with Crippen molar-refractivity contribution < 1.29 is 9.59 Å². The van der Waals surface area contributed by atoms with Crippen LogP contribution in [-0.4, -0.2) is 39.2 Å². The zero-order chi connectivity index (χ0) is 18.8. The number of nitrogens with zero attached hydrogens (tertiary/aromatic N) is 3. The molecule has 0 unspecified atom stereocenters. The first-order chi connectivity index (χ1) is 13.1. The Morgan fingerprint density at radius 1 is 1.15 bits per heavy atom. The van der Waals surface area contributed by atoms with Crippen LogP contribution in [0.2, 0.25) is 0 Å². The lowest BCUT2D eigenvalue weighted by molar-refractivity contribution is 0.101. The van der Waals surface area contributed by atoms with Crippen LogP contribution in [0, 0.1) is 0 Å². The number of rotatable bonds is 3. The molecule has 1 saturated carbocycles. The molecule has 27 heavy (non-hydrogen) atoms. The zero-order valence-corrected chi connectivity index (χ0v) is 15.6. The topological polar surface area (TPSA) is 79.3 Å². The normalized spacial score (nSPS) is 16.9. The Hall–Kier alpha value is -2.83. The van der Waals surface area contributed by atoms with Crippen molar-refractivity contribution >= 4 is 17.6 Å². The molecule has 0 radical (unpaired) electrons. The molecular weight excluding hydrogens is 342 g/mol. The molecular formula is C20H25N5O2. The molecule has 2 aliphatic rings. The van der Waals surface area contributed by atoms with Crippen LogP contribution in [0.4, 0.5) is 10.5 Å². The number of para-hydroxylation sites is 1. The highest BCUT2D eigenvalue weighted by Gasteiger charge is 2.30. The average Bonchev–Trinajstić information content (AvgIpc) is 3.30. The molecule has 2 heterocycles. The van der Waals surface area contributed by atoms with Gasteiger partial charge in [-0.05, 0) is 25.0 Å². The molecule has 1 fully saturated rings. The molecule has 142 valence electrons. The van der Waals surface area contributed by atoms with E-state index in [2.05, 4.69) is 15.7 Å². The van der Waals surface area contributed by atoms with Crippen molar-refractivity contribution in [2.24, 2.45) is 7.05 Å². The lowest BCUT2D eigenvalue weighted by atomic mass is 10.0. The molecule has 0 saturated heterocycles. The smallest absolute Gasteiger partial charge is 0.317 e. The number of urea groups is 1. The number of aryl methyl sites for hydroxylation is 1. The van der Waals surface area contributed by atoms with Gasteiger partial charge in [0.15, 0.2) is 5.69 Å². The van der Waals surface area contributed by atoms with Crippen molar-refractivity contribution in [1.82, 2.24) is 20.0 Å². The van der Waals surface area contributed by atoms with Crippen molar-refractivity contribution in [2.45, 2.75) is 44.7 Å². The number of hydrogen-bond donors (Lipinski definition) is 2. The molecule has 1 aromatic carbocycles. The van der Waals surface area contributed by atoms with Crippen LogP contribution in [0.1, 0.15) is 47.4 Å². The largest absolute Gasteiger partial charge is 0.335 e. The van der Waals surface area contributed by atoms with E-state index in [1.807, 2.05) is 37.4 Å². The van der Waals surface area contributed by atoms with E-state index in [0.29, 0.717) is 25.2 Å². The minimum Gasteiger partial charge on any atom is -0.335 e. The SMILES string of the molecule is Cn1nc(C(=O)Nc2ccccc2)c2c1CCN(C(=O)NC1CCCC1)C2. The van der Waals surface area contributed by atoms with E-state index in [4.69, 9.17) is 0 Å². The van der Waals surface area contributed by atoms with Crippen LogP contribution < -0.4 is 10.6 Å². The van der Waals surface area contributed by atoms with E-state index in [-0.39, 0.29) is 18.0 Å². The van der Waals surface area contributed by atoms with Gasteiger partial charge in [-0.1, -0.05) is 31.0 Å². The molecule has 2 N–H and O–H groups in total. The summed E-state index contributed by atoms with van der Waals surface area (Å²) in [6.45, 7) is 1.06. The summed E-state index contributed by atoms with van der Waals surface area (Å²) in [4.78, 5) is 27.2. The van der Waals surface area contributed by atoms with Gasteiger partial charge in [0.25, 0.3) is 5.91 Å². The second kappa shape index (κ2) is 7.42. The van der Waals surface area contributed by atoms with Crippen LogP contribution in [-0.2, 0) is 20.0 Å². The fraction of sp³-hybridized carbons (Fsp3) is 0.450. The summed E-state index contributed by atoms with van der Waals surface area (Å²) in [6.07, 6.45) is 5.18. The molecule has 1 aliphatic heterocycles. The molecule has 1 aromatic heterocycles. The number of carbonyl (C=O) groups is 2. The maximum Gasteiger partial charge on any atom is 0.317 e. The van der Waals surface area contributed by atoms with Crippen LogP contribution >= 0.6 is 0 Å². The first-order valence-corrected chi connectivity index (χ1v) is 9.58. The summed E-state index contributed by atoms with van der Waals surface area (Å²) in [5.41, 5.74) is 3.00. The van der Waals surface area contributed by atoms with Crippen molar-refractivity contribution in [1.29, 1.82) is 0 Å². The van der Waals surface area contributed by atoms with Crippen molar-refractivity contribution in [3.63, 3.8) is 0 Å². The van der Waals surface area contributed by atoms with Crippen molar-refractivity contribution in [2.75, 3.05) is 11.9 Å². The number of aromatic nitrogens is 2. The third kappa shape index (κ3) is 3.67. The minimum atomic E-state index is -0.240. The lowest BCUT2D eigenvalue weighted by Gasteiger charge is -2.29. The maximum absolute atomic E-state index is 12.7. The van der Waals surface area contributed by atoms with Gasteiger partial charge in [-0.2, -0.15) is 5.10 Å². The Labute approximate surface area is 158 Å². The quantitative estimate of drug-likeness (QED) is 0.875. The summed E-state index contributed by atoms with van der Waals surface area (Å²) in [5, 5.41) is 10.5. The van der Waals surface area contributed by atoms with Gasteiger partial charge in [0.1, 0.15) is 0 Å². The van der Waals surface area contributed by atoms with E-state index in [1.54, 1.807) is 9.58 Å². The Kier molecular flexibility index (Phi) is 4.83. The number of amides is 3. The van der Waals surface area contributed by atoms with Crippen LogP contribution in [0.5, 0.6) is 0 Å².